The van der Waals surface area contributed by atoms with Crippen molar-refractivity contribution >= 4 is 0 Å². The normalized spacial score (nSPS) is 12.2. The lowest BCUT2D eigenvalue weighted by atomic mass is 10.1. The summed E-state index contributed by atoms with van der Waals surface area (Å²) >= 11 is 0. The summed E-state index contributed by atoms with van der Waals surface area (Å²) in [5.41, 5.74) is 3.94. The van der Waals surface area contributed by atoms with Crippen molar-refractivity contribution in [1.82, 2.24) is 5.32 Å². The molecular formula is C18H22FNO. The summed E-state index contributed by atoms with van der Waals surface area (Å²) in [6, 6.07) is 11.6. The van der Waals surface area contributed by atoms with Gasteiger partial charge in [-0.2, -0.15) is 0 Å². The minimum absolute atomic E-state index is 0.0995. The van der Waals surface area contributed by atoms with E-state index in [1.807, 2.05) is 38.1 Å². The van der Waals surface area contributed by atoms with Crippen LogP contribution in [-0.2, 0) is 6.54 Å². The van der Waals surface area contributed by atoms with Crippen molar-refractivity contribution in [1.29, 1.82) is 0 Å². The highest BCUT2D eigenvalue weighted by atomic mass is 19.1. The van der Waals surface area contributed by atoms with E-state index in [-0.39, 0.29) is 11.9 Å². The van der Waals surface area contributed by atoms with Crippen molar-refractivity contribution in [3.05, 3.63) is 64.5 Å². The SMILES string of the molecule is COc1ccc(CNC(C)c2ccc(C)c(F)c2)cc1C. The van der Waals surface area contributed by atoms with Crippen LogP contribution in [0.3, 0.4) is 0 Å². The van der Waals surface area contributed by atoms with Gasteiger partial charge in [0.25, 0.3) is 0 Å². The molecule has 1 unspecified atom stereocenters. The van der Waals surface area contributed by atoms with E-state index in [9.17, 15) is 4.39 Å². The van der Waals surface area contributed by atoms with Crippen molar-refractivity contribution in [2.24, 2.45) is 0 Å². The van der Waals surface area contributed by atoms with Crippen molar-refractivity contribution in [2.45, 2.75) is 33.4 Å². The maximum Gasteiger partial charge on any atom is 0.126 e. The molecule has 21 heavy (non-hydrogen) atoms. The highest BCUT2D eigenvalue weighted by Crippen LogP contribution is 2.20. The number of rotatable bonds is 5. The van der Waals surface area contributed by atoms with Gasteiger partial charge in [0.15, 0.2) is 0 Å². The largest absolute Gasteiger partial charge is 0.496 e. The summed E-state index contributed by atoms with van der Waals surface area (Å²) < 4.78 is 18.9. The molecule has 0 aliphatic carbocycles. The Balaban J connectivity index is 2.01. The van der Waals surface area contributed by atoms with E-state index in [2.05, 4.69) is 11.4 Å². The van der Waals surface area contributed by atoms with Crippen LogP contribution in [-0.4, -0.2) is 7.11 Å². The van der Waals surface area contributed by atoms with E-state index >= 15 is 0 Å². The van der Waals surface area contributed by atoms with E-state index in [4.69, 9.17) is 4.74 Å². The van der Waals surface area contributed by atoms with Gasteiger partial charge < -0.3 is 10.1 Å². The van der Waals surface area contributed by atoms with E-state index in [1.54, 1.807) is 20.1 Å². The van der Waals surface area contributed by atoms with Gasteiger partial charge in [0.1, 0.15) is 11.6 Å². The summed E-state index contributed by atoms with van der Waals surface area (Å²) in [6.07, 6.45) is 0. The van der Waals surface area contributed by atoms with E-state index in [0.717, 1.165) is 23.4 Å². The van der Waals surface area contributed by atoms with Gasteiger partial charge in [-0.1, -0.05) is 24.3 Å². The Morgan fingerprint density at radius 2 is 1.86 bits per heavy atom. The Kier molecular flexibility index (Phi) is 4.97. The molecule has 0 aliphatic heterocycles. The molecule has 3 heteroatoms. The van der Waals surface area contributed by atoms with E-state index in [1.165, 1.54) is 5.56 Å². The van der Waals surface area contributed by atoms with Gasteiger partial charge in [0, 0.05) is 12.6 Å². The minimum atomic E-state index is -0.151. The van der Waals surface area contributed by atoms with Crippen LogP contribution in [0.25, 0.3) is 0 Å². The molecular weight excluding hydrogens is 265 g/mol. The third kappa shape index (κ3) is 3.82. The molecule has 0 fully saturated rings. The molecule has 0 saturated carbocycles. The first-order valence-corrected chi connectivity index (χ1v) is 7.14. The molecule has 2 nitrogen and oxygen atoms in total. The summed E-state index contributed by atoms with van der Waals surface area (Å²) in [4.78, 5) is 0. The first kappa shape index (κ1) is 15.5. The highest BCUT2D eigenvalue weighted by Gasteiger charge is 2.08. The number of halogens is 1. The number of benzene rings is 2. The Bertz CT molecular complexity index is 625. The Morgan fingerprint density at radius 3 is 2.48 bits per heavy atom. The topological polar surface area (TPSA) is 21.3 Å². The van der Waals surface area contributed by atoms with E-state index in [0.29, 0.717) is 5.56 Å². The molecule has 0 spiro atoms. The summed E-state index contributed by atoms with van der Waals surface area (Å²) in [7, 11) is 1.67. The Hall–Kier alpha value is -1.87. The zero-order valence-corrected chi connectivity index (χ0v) is 13.0. The second-order valence-corrected chi connectivity index (χ2v) is 5.42. The molecule has 0 bridgehead atoms. The van der Waals surface area contributed by atoms with Gasteiger partial charge in [-0.25, -0.2) is 4.39 Å². The Labute approximate surface area is 126 Å². The third-order valence-electron chi connectivity index (χ3n) is 3.77. The molecule has 1 atom stereocenters. The molecule has 0 heterocycles. The fourth-order valence-corrected chi connectivity index (χ4v) is 2.32. The van der Waals surface area contributed by atoms with Gasteiger partial charge in [0.2, 0.25) is 0 Å². The number of hydrogen-bond acceptors (Lipinski definition) is 2. The van der Waals surface area contributed by atoms with Crippen LogP contribution >= 0.6 is 0 Å². The van der Waals surface area contributed by atoms with Crippen LogP contribution in [0, 0.1) is 19.7 Å². The molecule has 2 aromatic rings. The first-order valence-electron chi connectivity index (χ1n) is 7.14. The van der Waals surface area contributed by atoms with E-state index < -0.39 is 0 Å². The lowest BCUT2D eigenvalue weighted by Gasteiger charge is -2.15. The molecule has 1 N–H and O–H groups in total. The third-order valence-corrected chi connectivity index (χ3v) is 3.77. The number of ether oxygens (including phenoxy) is 1. The standard InChI is InChI=1S/C18H22FNO/c1-12-5-7-16(10-17(12)19)14(3)20-11-15-6-8-18(21-4)13(2)9-15/h5-10,14,20H,11H2,1-4H3. The van der Waals surface area contributed by atoms with Gasteiger partial charge in [-0.05, 0) is 55.2 Å². The number of hydrogen-bond donors (Lipinski definition) is 1. The van der Waals surface area contributed by atoms with Crippen molar-refractivity contribution in [3.63, 3.8) is 0 Å². The molecule has 2 aromatic carbocycles. The van der Waals surface area contributed by atoms with Gasteiger partial charge >= 0.3 is 0 Å². The summed E-state index contributed by atoms with van der Waals surface area (Å²) in [6.45, 7) is 6.58. The summed E-state index contributed by atoms with van der Waals surface area (Å²) in [5.74, 6) is 0.744. The molecule has 0 amide bonds. The fourth-order valence-electron chi connectivity index (χ4n) is 2.32. The van der Waals surface area contributed by atoms with Crippen LogP contribution < -0.4 is 10.1 Å². The van der Waals surface area contributed by atoms with Crippen molar-refractivity contribution in [3.8, 4) is 5.75 Å². The van der Waals surface area contributed by atoms with Crippen LogP contribution in [0.1, 0.15) is 35.2 Å². The first-order chi connectivity index (χ1) is 10.0. The minimum Gasteiger partial charge on any atom is -0.496 e. The fraction of sp³-hybridized carbons (Fsp3) is 0.333. The van der Waals surface area contributed by atoms with Gasteiger partial charge in [0.05, 0.1) is 7.11 Å². The van der Waals surface area contributed by atoms with Crippen LogP contribution in [0.2, 0.25) is 0 Å². The smallest absolute Gasteiger partial charge is 0.126 e. The molecule has 112 valence electrons. The second-order valence-electron chi connectivity index (χ2n) is 5.42. The predicted molar refractivity (Wildman–Crippen MR) is 84.1 cm³/mol. The number of nitrogens with one attached hydrogen (secondary N) is 1. The molecule has 2 rings (SSSR count). The monoisotopic (exact) mass is 287 g/mol. The lowest BCUT2D eigenvalue weighted by molar-refractivity contribution is 0.411. The maximum atomic E-state index is 13.6. The summed E-state index contributed by atoms with van der Waals surface area (Å²) in [5, 5.41) is 3.42. The number of methoxy groups -OCH3 is 1. The van der Waals surface area contributed by atoms with Crippen LogP contribution in [0.4, 0.5) is 4.39 Å². The van der Waals surface area contributed by atoms with Crippen LogP contribution in [0.5, 0.6) is 5.75 Å². The van der Waals surface area contributed by atoms with Gasteiger partial charge in [-0.15, -0.1) is 0 Å². The van der Waals surface area contributed by atoms with Gasteiger partial charge in [-0.3, -0.25) is 0 Å². The molecule has 0 aliphatic rings. The quantitative estimate of drug-likeness (QED) is 0.885. The van der Waals surface area contributed by atoms with Crippen LogP contribution in [0.15, 0.2) is 36.4 Å². The Morgan fingerprint density at radius 1 is 1.10 bits per heavy atom. The maximum absolute atomic E-state index is 13.6. The van der Waals surface area contributed by atoms with Crippen molar-refractivity contribution < 1.29 is 9.13 Å². The average molecular weight is 287 g/mol. The molecule has 0 aromatic heterocycles. The second kappa shape index (κ2) is 6.72. The zero-order valence-electron chi connectivity index (χ0n) is 13.0. The highest BCUT2D eigenvalue weighted by molar-refractivity contribution is 5.36. The zero-order chi connectivity index (χ0) is 15.4. The molecule has 0 radical (unpaired) electrons. The average Bonchev–Trinajstić information content (AvgIpc) is 2.47. The predicted octanol–water partition coefficient (Wildman–Crippen LogP) is 4.30. The molecule has 0 saturated heterocycles. The number of aryl methyl sites for hydroxylation is 2. The lowest BCUT2D eigenvalue weighted by Crippen LogP contribution is -2.18. The van der Waals surface area contributed by atoms with Crippen molar-refractivity contribution in [2.75, 3.05) is 7.11 Å².